The molecule has 0 fully saturated rings. The Morgan fingerprint density at radius 1 is 1.25 bits per heavy atom. The second-order valence-electron chi connectivity index (χ2n) is 4.28. The van der Waals surface area contributed by atoms with Gasteiger partial charge >= 0.3 is 0 Å². The van der Waals surface area contributed by atoms with Crippen LogP contribution in [-0.2, 0) is 14.8 Å². The minimum atomic E-state index is -3.22. The Labute approximate surface area is 99.0 Å². The largest absolute Gasteiger partial charge is 0.380 e. The van der Waals surface area contributed by atoms with E-state index in [0.29, 0.717) is 32.2 Å². The van der Waals surface area contributed by atoms with Crippen LogP contribution in [0, 0.1) is 5.92 Å². The van der Waals surface area contributed by atoms with E-state index in [2.05, 4.69) is 23.9 Å². The average molecular weight is 252 g/mol. The highest BCUT2D eigenvalue weighted by atomic mass is 32.2. The van der Waals surface area contributed by atoms with E-state index in [-0.39, 0.29) is 0 Å². The van der Waals surface area contributed by atoms with Crippen molar-refractivity contribution in [3.63, 3.8) is 0 Å². The van der Waals surface area contributed by atoms with Crippen molar-refractivity contribution in [1.29, 1.82) is 0 Å². The third kappa shape index (κ3) is 7.16. The SMILES string of the molecule is CNCC(C)S(=O)(=O)NCCOCC(C)C. The summed E-state index contributed by atoms with van der Waals surface area (Å²) in [4.78, 5) is 0. The second-order valence-corrected chi connectivity index (χ2v) is 6.46. The second kappa shape index (κ2) is 8.00. The van der Waals surface area contributed by atoms with Gasteiger partial charge in [0.1, 0.15) is 0 Å². The van der Waals surface area contributed by atoms with Crippen LogP contribution in [0.2, 0.25) is 0 Å². The summed E-state index contributed by atoms with van der Waals surface area (Å²) in [5.41, 5.74) is 0. The Kier molecular flexibility index (Phi) is 7.91. The van der Waals surface area contributed by atoms with Crippen LogP contribution < -0.4 is 10.0 Å². The van der Waals surface area contributed by atoms with E-state index in [1.807, 2.05) is 0 Å². The van der Waals surface area contributed by atoms with Gasteiger partial charge in [-0.15, -0.1) is 0 Å². The van der Waals surface area contributed by atoms with Crippen molar-refractivity contribution in [3.05, 3.63) is 0 Å². The van der Waals surface area contributed by atoms with Gasteiger partial charge in [0.05, 0.1) is 11.9 Å². The number of hydrogen-bond acceptors (Lipinski definition) is 4. The number of ether oxygens (including phenoxy) is 1. The number of sulfonamides is 1. The van der Waals surface area contributed by atoms with Crippen LogP contribution in [0.15, 0.2) is 0 Å². The van der Waals surface area contributed by atoms with Gasteiger partial charge in [0.15, 0.2) is 0 Å². The molecule has 0 aliphatic carbocycles. The zero-order valence-electron chi connectivity index (χ0n) is 10.6. The maximum atomic E-state index is 11.6. The van der Waals surface area contributed by atoms with Gasteiger partial charge in [0, 0.05) is 19.7 Å². The summed E-state index contributed by atoms with van der Waals surface area (Å²) >= 11 is 0. The maximum absolute atomic E-state index is 11.6. The molecular formula is C10H24N2O3S. The molecule has 0 aromatic carbocycles. The van der Waals surface area contributed by atoms with Gasteiger partial charge in [-0.1, -0.05) is 13.8 Å². The first-order valence-corrected chi connectivity index (χ1v) is 7.15. The minimum Gasteiger partial charge on any atom is -0.380 e. The molecule has 0 aromatic rings. The molecular weight excluding hydrogens is 228 g/mol. The van der Waals surface area contributed by atoms with E-state index in [9.17, 15) is 8.42 Å². The molecule has 6 heteroatoms. The lowest BCUT2D eigenvalue weighted by molar-refractivity contribution is 0.114. The van der Waals surface area contributed by atoms with E-state index in [1.165, 1.54) is 0 Å². The van der Waals surface area contributed by atoms with E-state index in [1.54, 1.807) is 14.0 Å². The lowest BCUT2D eigenvalue weighted by Gasteiger charge is -2.13. The van der Waals surface area contributed by atoms with Crippen LogP contribution in [0.3, 0.4) is 0 Å². The standard InChI is InChI=1S/C10H24N2O3S/c1-9(2)8-15-6-5-12-16(13,14)10(3)7-11-4/h9-12H,5-8H2,1-4H3. The lowest BCUT2D eigenvalue weighted by atomic mass is 10.2. The Morgan fingerprint density at radius 3 is 2.38 bits per heavy atom. The third-order valence-corrected chi connectivity index (χ3v) is 3.85. The predicted octanol–water partition coefficient (Wildman–Crippen LogP) is 0.186. The highest BCUT2D eigenvalue weighted by molar-refractivity contribution is 7.90. The zero-order valence-corrected chi connectivity index (χ0v) is 11.4. The van der Waals surface area contributed by atoms with Gasteiger partial charge in [0.25, 0.3) is 0 Å². The van der Waals surface area contributed by atoms with Crippen LogP contribution in [0.4, 0.5) is 0 Å². The van der Waals surface area contributed by atoms with E-state index < -0.39 is 15.3 Å². The zero-order chi connectivity index (χ0) is 12.6. The summed E-state index contributed by atoms with van der Waals surface area (Å²) in [6, 6.07) is 0. The molecule has 0 amide bonds. The lowest BCUT2D eigenvalue weighted by Crippen LogP contribution is -2.39. The Bertz CT molecular complexity index is 265. The molecule has 0 heterocycles. The molecule has 5 nitrogen and oxygen atoms in total. The maximum Gasteiger partial charge on any atom is 0.215 e. The first-order chi connectivity index (χ1) is 7.40. The molecule has 1 atom stereocenters. The van der Waals surface area contributed by atoms with E-state index in [0.717, 1.165) is 0 Å². The monoisotopic (exact) mass is 252 g/mol. The topological polar surface area (TPSA) is 67.4 Å². The molecule has 0 aliphatic heterocycles. The molecule has 16 heavy (non-hydrogen) atoms. The molecule has 0 rings (SSSR count). The smallest absolute Gasteiger partial charge is 0.215 e. The number of rotatable bonds is 9. The van der Waals surface area contributed by atoms with Crippen molar-refractivity contribution < 1.29 is 13.2 Å². The molecule has 0 aliphatic rings. The van der Waals surface area contributed by atoms with Gasteiger partial charge in [-0.25, -0.2) is 13.1 Å². The summed E-state index contributed by atoms with van der Waals surface area (Å²) in [6.45, 7) is 7.65. The van der Waals surface area contributed by atoms with Crippen molar-refractivity contribution in [2.75, 3.05) is 33.4 Å². The van der Waals surface area contributed by atoms with Crippen LogP contribution >= 0.6 is 0 Å². The minimum absolute atomic E-state index is 0.336. The van der Waals surface area contributed by atoms with Crippen LogP contribution in [0.1, 0.15) is 20.8 Å². The van der Waals surface area contributed by atoms with Gasteiger partial charge in [-0.3, -0.25) is 0 Å². The molecule has 98 valence electrons. The number of nitrogens with one attached hydrogen (secondary N) is 2. The van der Waals surface area contributed by atoms with Crippen molar-refractivity contribution in [2.24, 2.45) is 5.92 Å². The highest BCUT2D eigenvalue weighted by Gasteiger charge is 2.18. The van der Waals surface area contributed by atoms with Crippen LogP contribution in [0.5, 0.6) is 0 Å². The van der Waals surface area contributed by atoms with E-state index >= 15 is 0 Å². The molecule has 0 bridgehead atoms. The van der Waals surface area contributed by atoms with Crippen molar-refractivity contribution in [3.8, 4) is 0 Å². The molecule has 2 N–H and O–H groups in total. The normalized spacial score (nSPS) is 14.3. The fraction of sp³-hybridized carbons (Fsp3) is 1.00. The van der Waals surface area contributed by atoms with Crippen molar-refractivity contribution >= 4 is 10.0 Å². The third-order valence-electron chi connectivity index (χ3n) is 2.02. The van der Waals surface area contributed by atoms with E-state index in [4.69, 9.17) is 4.74 Å². The fourth-order valence-corrected chi connectivity index (χ4v) is 2.15. The molecule has 0 spiro atoms. The van der Waals surface area contributed by atoms with Gasteiger partial charge in [-0.2, -0.15) is 0 Å². The molecule has 0 saturated carbocycles. The Balaban J connectivity index is 3.74. The highest BCUT2D eigenvalue weighted by Crippen LogP contribution is 1.96. The number of hydrogen-bond donors (Lipinski definition) is 2. The summed E-state index contributed by atoms with van der Waals surface area (Å²) in [5, 5.41) is 2.41. The van der Waals surface area contributed by atoms with Crippen LogP contribution in [0.25, 0.3) is 0 Å². The van der Waals surface area contributed by atoms with Crippen molar-refractivity contribution in [2.45, 2.75) is 26.0 Å². The molecule has 0 radical (unpaired) electrons. The molecule has 1 unspecified atom stereocenters. The first kappa shape index (κ1) is 15.8. The van der Waals surface area contributed by atoms with Crippen LogP contribution in [-0.4, -0.2) is 47.0 Å². The fourth-order valence-electron chi connectivity index (χ4n) is 1.11. The summed E-state index contributed by atoms with van der Waals surface area (Å²) in [5.74, 6) is 0.472. The average Bonchev–Trinajstić information content (AvgIpc) is 2.17. The summed E-state index contributed by atoms with van der Waals surface area (Å²) < 4.78 is 31.0. The summed E-state index contributed by atoms with van der Waals surface area (Å²) in [6.07, 6.45) is 0. The quantitative estimate of drug-likeness (QED) is 0.575. The first-order valence-electron chi connectivity index (χ1n) is 5.61. The molecule has 0 aromatic heterocycles. The van der Waals surface area contributed by atoms with Gasteiger partial charge in [-0.05, 0) is 19.9 Å². The Morgan fingerprint density at radius 2 is 1.88 bits per heavy atom. The molecule has 0 saturated heterocycles. The predicted molar refractivity (Wildman–Crippen MR) is 66.0 cm³/mol. The Hall–Kier alpha value is -0.170. The summed E-state index contributed by atoms with van der Waals surface area (Å²) in [7, 11) is -1.48. The van der Waals surface area contributed by atoms with Gasteiger partial charge in [0.2, 0.25) is 10.0 Å². The van der Waals surface area contributed by atoms with Crippen molar-refractivity contribution in [1.82, 2.24) is 10.0 Å². The van der Waals surface area contributed by atoms with Gasteiger partial charge < -0.3 is 10.1 Å².